The molecule has 0 heterocycles. The summed E-state index contributed by atoms with van der Waals surface area (Å²) in [6, 6.07) is 6.90. The summed E-state index contributed by atoms with van der Waals surface area (Å²) in [5.74, 6) is 0.767. The normalized spacial score (nSPS) is 14.3. The van der Waals surface area contributed by atoms with Crippen molar-refractivity contribution in [3.63, 3.8) is 0 Å². The van der Waals surface area contributed by atoms with Crippen LogP contribution in [0.3, 0.4) is 0 Å². The number of methoxy groups -OCH3 is 1. The van der Waals surface area contributed by atoms with Crippen LogP contribution in [0.5, 0.6) is 0 Å². The van der Waals surface area contributed by atoms with Gasteiger partial charge in [0.2, 0.25) is 0 Å². The Labute approximate surface area is 116 Å². The minimum atomic E-state index is -0.155. The number of hydrogen-bond donors (Lipinski definition) is 1. The first kappa shape index (κ1) is 16.1. The van der Waals surface area contributed by atoms with E-state index in [-0.39, 0.29) is 5.82 Å². The van der Waals surface area contributed by atoms with E-state index in [1.807, 2.05) is 6.07 Å². The van der Waals surface area contributed by atoms with Gasteiger partial charge in [-0.3, -0.25) is 0 Å². The second kappa shape index (κ2) is 9.05. The van der Waals surface area contributed by atoms with Gasteiger partial charge in [-0.25, -0.2) is 4.39 Å². The molecule has 1 aromatic carbocycles. The van der Waals surface area contributed by atoms with E-state index in [9.17, 15) is 4.39 Å². The molecule has 2 atom stereocenters. The first-order valence-electron chi connectivity index (χ1n) is 7.11. The zero-order valence-corrected chi connectivity index (χ0v) is 12.3. The molecular formula is C16H26FNO. The summed E-state index contributed by atoms with van der Waals surface area (Å²) in [4.78, 5) is 0. The van der Waals surface area contributed by atoms with Crippen LogP contribution in [-0.4, -0.2) is 26.8 Å². The Balaban J connectivity index is 2.61. The molecule has 0 amide bonds. The Morgan fingerprint density at radius 1 is 1.37 bits per heavy atom. The van der Waals surface area contributed by atoms with Gasteiger partial charge < -0.3 is 10.1 Å². The third-order valence-electron chi connectivity index (χ3n) is 3.45. The minimum absolute atomic E-state index is 0.155. The third kappa shape index (κ3) is 6.17. The molecular weight excluding hydrogens is 241 g/mol. The summed E-state index contributed by atoms with van der Waals surface area (Å²) in [6.45, 7) is 7.08. The maximum Gasteiger partial charge on any atom is 0.123 e. The molecule has 0 fully saturated rings. The Morgan fingerprint density at radius 3 is 2.79 bits per heavy atom. The predicted molar refractivity (Wildman–Crippen MR) is 77.8 cm³/mol. The van der Waals surface area contributed by atoms with Gasteiger partial charge in [0.25, 0.3) is 0 Å². The second-order valence-corrected chi connectivity index (χ2v) is 5.23. The van der Waals surface area contributed by atoms with E-state index < -0.39 is 0 Å². The van der Waals surface area contributed by atoms with Crippen molar-refractivity contribution in [1.29, 1.82) is 0 Å². The van der Waals surface area contributed by atoms with Gasteiger partial charge >= 0.3 is 0 Å². The van der Waals surface area contributed by atoms with Crippen molar-refractivity contribution in [3.8, 4) is 0 Å². The van der Waals surface area contributed by atoms with E-state index in [4.69, 9.17) is 4.74 Å². The summed E-state index contributed by atoms with van der Waals surface area (Å²) >= 11 is 0. The molecule has 1 N–H and O–H groups in total. The highest BCUT2D eigenvalue weighted by Crippen LogP contribution is 2.18. The molecule has 0 aliphatic carbocycles. The second-order valence-electron chi connectivity index (χ2n) is 5.23. The van der Waals surface area contributed by atoms with Gasteiger partial charge in [-0.15, -0.1) is 0 Å². The van der Waals surface area contributed by atoms with Gasteiger partial charge in [0.05, 0.1) is 0 Å². The lowest BCUT2D eigenvalue weighted by Gasteiger charge is -2.24. The fourth-order valence-electron chi connectivity index (χ4n) is 2.30. The van der Waals surface area contributed by atoms with Crippen LogP contribution in [0.1, 0.15) is 25.8 Å². The summed E-state index contributed by atoms with van der Waals surface area (Å²) < 4.78 is 18.5. The fourth-order valence-corrected chi connectivity index (χ4v) is 2.30. The van der Waals surface area contributed by atoms with Gasteiger partial charge in [-0.1, -0.05) is 26.0 Å². The smallest absolute Gasteiger partial charge is 0.123 e. The molecule has 0 aliphatic rings. The number of halogens is 1. The highest BCUT2D eigenvalue weighted by Gasteiger charge is 2.17. The fraction of sp³-hybridized carbons (Fsp3) is 0.625. The molecule has 0 aromatic heterocycles. The van der Waals surface area contributed by atoms with Gasteiger partial charge in [0.1, 0.15) is 5.82 Å². The molecule has 3 heteroatoms. The first-order valence-corrected chi connectivity index (χ1v) is 7.11. The minimum Gasteiger partial charge on any atom is -0.384 e. The Morgan fingerprint density at radius 2 is 2.16 bits per heavy atom. The highest BCUT2D eigenvalue weighted by molar-refractivity contribution is 5.17. The van der Waals surface area contributed by atoms with Gasteiger partial charge in [-0.2, -0.15) is 0 Å². The predicted octanol–water partition coefficient (Wildman–Crippen LogP) is 3.27. The maximum atomic E-state index is 13.2. The zero-order valence-electron chi connectivity index (χ0n) is 12.3. The van der Waals surface area contributed by atoms with Crippen LogP contribution < -0.4 is 5.32 Å². The summed E-state index contributed by atoms with van der Waals surface area (Å²) in [6.07, 6.45) is 2.02. The van der Waals surface area contributed by atoms with E-state index >= 15 is 0 Å². The molecule has 2 nitrogen and oxygen atoms in total. The van der Waals surface area contributed by atoms with E-state index in [1.165, 1.54) is 6.07 Å². The monoisotopic (exact) mass is 267 g/mol. The third-order valence-corrected chi connectivity index (χ3v) is 3.45. The Bertz CT molecular complexity index is 356. The van der Waals surface area contributed by atoms with Crippen molar-refractivity contribution < 1.29 is 9.13 Å². The molecule has 1 rings (SSSR count). The average Bonchev–Trinajstić information content (AvgIpc) is 2.38. The van der Waals surface area contributed by atoms with Crippen molar-refractivity contribution in [3.05, 3.63) is 35.6 Å². The molecule has 0 radical (unpaired) electrons. The van der Waals surface area contributed by atoms with E-state index in [1.54, 1.807) is 19.2 Å². The Hall–Kier alpha value is -0.930. The molecule has 0 aliphatic heterocycles. The molecule has 0 saturated carbocycles. The number of hydrogen-bond acceptors (Lipinski definition) is 2. The van der Waals surface area contributed by atoms with E-state index in [2.05, 4.69) is 19.2 Å². The van der Waals surface area contributed by atoms with E-state index in [0.29, 0.717) is 11.8 Å². The number of rotatable bonds is 9. The summed E-state index contributed by atoms with van der Waals surface area (Å²) in [5, 5.41) is 3.46. The van der Waals surface area contributed by atoms with Crippen LogP contribution in [0.15, 0.2) is 24.3 Å². The van der Waals surface area contributed by atoms with Gasteiger partial charge in [-0.05, 0) is 55.5 Å². The Kier molecular flexibility index (Phi) is 7.68. The van der Waals surface area contributed by atoms with Crippen molar-refractivity contribution in [1.82, 2.24) is 5.32 Å². The van der Waals surface area contributed by atoms with Crippen LogP contribution in [0, 0.1) is 17.7 Å². The zero-order chi connectivity index (χ0) is 14.1. The molecule has 0 bridgehead atoms. The van der Waals surface area contributed by atoms with Crippen LogP contribution in [-0.2, 0) is 11.2 Å². The standard InChI is InChI=1S/C16H26FNO/c1-4-8-18-11-15(13(2)12-19-3)9-14-6-5-7-16(17)10-14/h5-7,10,13,15,18H,4,8-9,11-12H2,1-3H3. The van der Waals surface area contributed by atoms with Crippen molar-refractivity contribution in [2.75, 3.05) is 26.8 Å². The SMILES string of the molecule is CCCNCC(Cc1cccc(F)c1)C(C)COC. The lowest BCUT2D eigenvalue weighted by Crippen LogP contribution is -2.31. The maximum absolute atomic E-state index is 13.2. The van der Waals surface area contributed by atoms with Crippen LogP contribution in [0.2, 0.25) is 0 Å². The lowest BCUT2D eigenvalue weighted by atomic mass is 9.88. The van der Waals surface area contributed by atoms with Crippen LogP contribution in [0.25, 0.3) is 0 Å². The topological polar surface area (TPSA) is 21.3 Å². The quantitative estimate of drug-likeness (QED) is 0.693. The molecule has 0 spiro atoms. The molecule has 2 unspecified atom stereocenters. The lowest BCUT2D eigenvalue weighted by molar-refractivity contribution is 0.128. The highest BCUT2D eigenvalue weighted by atomic mass is 19.1. The molecule has 1 aromatic rings. The van der Waals surface area contributed by atoms with Crippen molar-refractivity contribution in [2.24, 2.45) is 11.8 Å². The summed E-state index contributed by atoms with van der Waals surface area (Å²) in [5.41, 5.74) is 1.06. The number of nitrogens with one attached hydrogen (secondary N) is 1. The first-order chi connectivity index (χ1) is 9.17. The van der Waals surface area contributed by atoms with Crippen molar-refractivity contribution >= 4 is 0 Å². The summed E-state index contributed by atoms with van der Waals surface area (Å²) in [7, 11) is 1.73. The van der Waals surface area contributed by atoms with Crippen LogP contribution >= 0.6 is 0 Å². The van der Waals surface area contributed by atoms with Crippen LogP contribution in [0.4, 0.5) is 4.39 Å². The largest absolute Gasteiger partial charge is 0.384 e. The van der Waals surface area contributed by atoms with Crippen molar-refractivity contribution in [2.45, 2.75) is 26.7 Å². The van der Waals surface area contributed by atoms with E-state index in [0.717, 1.165) is 38.1 Å². The molecule has 0 saturated heterocycles. The molecule has 19 heavy (non-hydrogen) atoms. The van der Waals surface area contributed by atoms with Gasteiger partial charge in [0.15, 0.2) is 0 Å². The van der Waals surface area contributed by atoms with Gasteiger partial charge in [0, 0.05) is 13.7 Å². The average molecular weight is 267 g/mol. The molecule has 108 valence electrons. The number of benzene rings is 1. The number of ether oxygens (including phenoxy) is 1.